The maximum Gasteiger partial charge on any atom is 0.418 e. The SMILES string of the molecule is CN(C)c1ccc(-c2c(C(=O)c3ccccc3)cnc3c(C(F)(F)F)cccc23)cc1. The second-order valence-corrected chi connectivity index (χ2v) is 7.38. The van der Waals surface area contributed by atoms with Crippen LogP contribution >= 0.6 is 0 Å². The van der Waals surface area contributed by atoms with E-state index in [0.29, 0.717) is 16.7 Å². The number of rotatable bonds is 4. The molecule has 4 aromatic rings. The van der Waals surface area contributed by atoms with E-state index in [1.807, 2.05) is 43.3 Å². The third-order valence-electron chi connectivity index (χ3n) is 5.16. The summed E-state index contributed by atoms with van der Waals surface area (Å²) in [4.78, 5) is 19.3. The Labute approximate surface area is 177 Å². The highest BCUT2D eigenvalue weighted by atomic mass is 19.4. The van der Waals surface area contributed by atoms with Crippen LogP contribution in [0.25, 0.3) is 22.0 Å². The first kappa shape index (κ1) is 20.6. The molecule has 3 aromatic carbocycles. The molecule has 0 spiro atoms. The van der Waals surface area contributed by atoms with Crippen molar-refractivity contribution in [3.05, 3.63) is 95.7 Å². The van der Waals surface area contributed by atoms with Crippen molar-refractivity contribution in [2.24, 2.45) is 0 Å². The van der Waals surface area contributed by atoms with E-state index in [1.54, 1.807) is 36.4 Å². The van der Waals surface area contributed by atoms with Gasteiger partial charge in [0.15, 0.2) is 5.78 Å². The third kappa shape index (κ3) is 3.89. The number of carbonyl (C=O) groups is 1. The summed E-state index contributed by atoms with van der Waals surface area (Å²) >= 11 is 0. The smallest absolute Gasteiger partial charge is 0.378 e. The fourth-order valence-corrected chi connectivity index (χ4v) is 3.61. The first-order valence-corrected chi connectivity index (χ1v) is 9.64. The van der Waals surface area contributed by atoms with Crippen molar-refractivity contribution in [2.75, 3.05) is 19.0 Å². The normalized spacial score (nSPS) is 11.5. The number of anilines is 1. The molecule has 0 atom stereocenters. The number of nitrogens with zero attached hydrogens (tertiary/aromatic N) is 2. The van der Waals surface area contributed by atoms with Gasteiger partial charge in [0.1, 0.15) is 0 Å². The zero-order chi connectivity index (χ0) is 22.2. The average molecular weight is 420 g/mol. The van der Waals surface area contributed by atoms with Crippen LogP contribution in [0.5, 0.6) is 0 Å². The molecule has 31 heavy (non-hydrogen) atoms. The molecule has 0 bridgehead atoms. The molecular weight excluding hydrogens is 401 g/mol. The van der Waals surface area contributed by atoms with E-state index < -0.39 is 11.7 Å². The summed E-state index contributed by atoms with van der Waals surface area (Å²) in [5.74, 6) is -0.293. The maximum absolute atomic E-state index is 13.6. The van der Waals surface area contributed by atoms with Crippen molar-refractivity contribution >= 4 is 22.4 Å². The minimum absolute atomic E-state index is 0.175. The molecule has 0 aliphatic heterocycles. The van der Waals surface area contributed by atoms with Crippen molar-refractivity contribution in [1.82, 2.24) is 4.98 Å². The van der Waals surface area contributed by atoms with Gasteiger partial charge in [0, 0.05) is 48.1 Å². The first-order chi connectivity index (χ1) is 14.8. The molecule has 0 radical (unpaired) electrons. The molecule has 0 unspecified atom stereocenters. The number of fused-ring (bicyclic) bond motifs is 1. The van der Waals surface area contributed by atoms with Crippen LogP contribution in [0.2, 0.25) is 0 Å². The largest absolute Gasteiger partial charge is 0.418 e. The number of alkyl halides is 3. The van der Waals surface area contributed by atoms with E-state index in [4.69, 9.17) is 0 Å². The van der Waals surface area contributed by atoms with Crippen LogP contribution in [0, 0.1) is 0 Å². The molecule has 1 heterocycles. The Hall–Kier alpha value is -3.67. The van der Waals surface area contributed by atoms with Gasteiger partial charge in [0.2, 0.25) is 0 Å². The monoisotopic (exact) mass is 420 g/mol. The molecule has 0 N–H and O–H groups in total. The fraction of sp³-hybridized carbons (Fsp3) is 0.120. The molecule has 4 rings (SSSR count). The summed E-state index contributed by atoms with van der Waals surface area (Å²) in [6.07, 6.45) is -3.30. The molecule has 0 saturated heterocycles. The van der Waals surface area contributed by atoms with Crippen molar-refractivity contribution in [2.45, 2.75) is 6.18 Å². The van der Waals surface area contributed by atoms with Crippen LogP contribution in [-0.2, 0) is 6.18 Å². The number of benzene rings is 3. The second kappa shape index (κ2) is 7.87. The molecule has 0 aliphatic carbocycles. The Morgan fingerprint density at radius 1 is 0.871 bits per heavy atom. The lowest BCUT2D eigenvalue weighted by atomic mass is 9.91. The Morgan fingerprint density at radius 2 is 1.55 bits per heavy atom. The van der Waals surface area contributed by atoms with Gasteiger partial charge in [-0.1, -0.05) is 54.6 Å². The topological polar surface area (TPSA) is 33.2 Å². The summed E-state index contributed by atoms with van der Waals surface area (Å²) in [5.41, 5.74) is 1.74. The third-order valence-corrected chi connectivity index (χ3v) is 5.16. The van der Waals surface area contributed by atoms with Crippen LogP contribution in [0.3, 0.4) is 0 Å². The lowest BCUT2D eigenvalue weighted by Gasteiger charge is -2.17. The number of carbonyl (C=O) groups excluding carboxylic acids is 1. The lowest BCUT2D eigenvalue weighted by Crippen LogP contribution is -2.10. The number of halogens is 3. The average Bonchev–Trinajstić information content (AvgIpc) is 2.77. The van der Waals surface area contributed by atoms with E-state index in [2.05, 4.69) is 4.98 Å². The van der Waals surface area contributed by atoms with E-state index in [0.717, 1.165) is 11.8 Å². The standard InChI is InChI=1S/C25H19F3N2O/c1-30(2)18-13-11-16(12-14-18)22-19-9-6-10-21(25(26,27)28)23(19)29-15-20(22)24(31)17-7-4-3-5-8-17/h3-15H,1-2H3. The van der Waals surface area contributed by atoms with Crippen molar-refractivity contribution in [3.8, 4) is 11.1 Å². The number of hydrogen-bond donors (Lipinski definition) is 0. The van der Waals surface area contributed by atoms with Crippen LogP contribution in [0.4, 0.5) is 18.9 Å². The molecule has 0 aliphatic rings. The quantitative estimate of drug-likeness (QED) is 0.368. The van der Waals surface area contributed by atoms with Crippen LogP contribution < -0.4 is 4.90 Å². The first-order valence-electron chi connectivity index (χ1n) is 9.64. The number of hydrogen-bond acceptors (Lipinski definition) is 3. The summed E-state index contributed by atoms with van der Waals surface area (Å²) in [6, 6.07) is 19.9. The molecule has 0 saturated carbocycles. The number of pyridine rings is 1. The van der Waals surface area contributed by atoms with E-state index in [9.17, 15) is 18.0 Å². The van der Waals surface area contributed by atoms with Gasteiger partial charge in [-0.2, -0.15) is 13.2 Å². The molecule has 3 nitrogen and oxygen atoms in total. The van der Waals surface area contributed by atoms with Crippen molar-refractivity contribution in [3.63, 3.8) is 0 Å². The predicted octanol–water partition coefficient (Wildman–Crippen LogP) is 6.22. The zero-order valence-electron chi connectivity index (χ0n) is 16.9. The Kier molecular flexibility index (Phi) is 5.23. The van der Waals surface area contributed by atoms with Crippen LogP contribution in [-0.4, -0.2) is 24.9 Å². The maximum atomic E-state index is 13.6. The fourth-order valence-electron chi connectivity index (χ4n) is 3.61. The second-order valence-electron chi connectivity index (χ2n) is 7.38. The molecule has 0 fully saturated rings. The summed E-state index contributed by atoms with van der Waals surface area (Å²) in [6.45, 7) is 0. The van der Waals surface area contributed by atoms with Crippen LogP contribution in [0.15, 0.2) is 79.0 Å². The van der Waals surface area contributed by atoms with Gasteiger partial charge >= 0.3 is 6.18 Å². The summed E-state index contributed by atoms with van der Waals surface area (Å²) < 4.78 is 40.8. The predicted molar refractivity (Wildman–Crippen MR) is 116 cm³/mol. The van der Waals surface area contributed by atoms with Gasteiger partial charge < -0.3 is 4.90 Å². The number of aromatic nitrogens is 1. The van der Waals surface area contributed by atoms with Crippen LogP contribution in [0.1, 0.15) is 21.5 Å². The molecule has 156 valence electrons. The van der Waals surface area contributed by atoms with Gasteiger partial charge in [0.25, 0.3) is 0 Å². The minimum Gasteiger partial charge on any atom is -0.378 e. The van der Waals surface area contributed by atoms with Gasteiger partial charge in [-0.3, -0.25) is 9.78 Å². The molecule has 1 aromatic heterocycles. The highest BCUT2D eigenvalue weighted by Gasteiger charge is 2.34. The highest BCUT2D eigenvalue weighted by Crippen LogP contribution is 2.39. The minimum atomic E-state index is -4.55. The molecule has 0 amide bonds. The zero-order valence-corrected chi connectivity index (χ0v) is 16.9. The Balaban J connectivity index is 2.02. The van der Waals surface area contributed by atoms with Gasteiger partial charge in [-0.05, 0) is 23.8 Å². The lowest BCUT2D eigenvalue weighted by molar-refractivity contribution is -0.136. The number of ketones is 1. The van der Waals surface area contributed by atoms with Gasteiger partial charge in [0.05, 0.1) is 11.1 Å². The van der Waals surface area contributed by atoms with Gasteiger partial charge in [-0.15, -0.1) is 0 Å². The Morgan fingerprint density at radius 3 is 2.16 bits per heavy atom. The Bertz CT molecular complexity index is 1250. The van der Waals surface area contributed by atoms with E-state index in [1.165, 1.54) is 12.3 Å². The highest BCUT2D eigenvalue weighted by molar-refractivity contribution is 6.16. The van der Waals surface area contributed by atoms with Crippen molar-refractivity contribution in [1.29, 1.82) is 0 Å². The number of para-hydroxylation sites is 1. The van der Waals surface area contributed by atoms with Gasteiger partial charge in [-0.25, -0.2) is 0 Å². The van der Waals surface area contributed by atoms with Crippen molar-refractivity contribution < 1.29 is 18.0 Å². The summed E-state index contributed by atoms with van der Waals surface area (Å²) in [7, 11) is 3.80. The molecule has 6 heteroatoms. The van der Waals surface area contributed by atoms with E-state index in [-0.39, 0.29) is 22.2 Å². The molecular formula is C25H19F3N2O. The van der Waals surface area contributed by atoms with E-state index >= 15 is 0 Å². The summed E-state index contributed by atoms with van der Waals surface area (Å²) in [5, 5.41) is 0.286.